The van der Waals surface area contributed by atoms with Crippen LogP contribution < -0.4 is 14.4 Å². The molecule has 0 saturated heterocycles. The highest BCUT2D eigenvalue weighted by atomic mass is 35.5. The molecule has 8 nitrogen and oxygen atoms in total. The zero-order valence-electron chi connectivity index (χ0n) is 27.6. The van der Waals surface area contributed by atoms with Crippen molar-refractivity contribution in [1.29, 1.82) is 0 Å². The molecule has 1 unspecified atom stereocenters. The van der Waals surface area contributed by atoms with Gasteiger partial charge in [-0.25, -0.2) is 8.42 Å². The fourth-order valence-corrected chi connectivity index (χ4v) is 7.12. The Morgan fingerprint density at radius 1 is 0.896 bits per heavy atom. The lowest BCUT2D eigenvalue weighted by molar-refractivity contribution is -0.140. The summed E-state index contributed by atoms with van der Waals surface area (Å²) in [5.41, 5.74) is 3.23. The van der Waals surface area contributed by atoms with Crippen molar-refractivity contribution in [1.82, 2.24) is 10.2 Å². The Labute approximate surface area is 293 Å². The number of hydrogen-bond acceptors (Lipinski definition) is 5. The Hall–Kier alpha value is -4.05. The standard InChI is InChI=1S/C37H41Cl2N3O5S/c1-5-6-20-40-37(44)34(22-28-10-8-7-9-11-28)41(24-29-15-16-30(38)23-32(29)39)36(43)25-42(33-21-27(3)14-19-35(33)47-4)48(45,46)31-17-12-26(2)13-18-31/h7-19,21,23,34H,5-6,20,22,24-25H2,1-4H3,(H,40,44). The minimum atomic E-state index is -4.30. The fraction of sp³-hybridized carbons (Fsp3) is 0.297. The average Bonchev–Trinajstić information content (AvgIpc) is 3.06. The number of nitrogens with zero attached hydrogens (tertiary/aromatic N) is 2. The minimum absolute atomic E-state index is 0.00917. The summed E-state index contributed by atoms with van der Waals surface area (Å²) in [5, 5.41) is 3.71. The van der Waals surface area contributed by atoms with E-state index in [1.54, 1.807) is 48.5 Å². The number of amides is 2. The third-order valence-electron chi connectivity index (χ3n) is 7.95. The first-order valence-corrected chi connectivity index (χ1v) is 17.9. The molecule has 0 aromatic heterocycles. The summed E-state index contributed by atoms with van der Waals surface area (Å²) < 4.78 is 35.4. The van der Waals surface area contributed by atoms with Gasteiger partial charge in [0.2, 0.25) is 11.8 Å². The first kappa shape index (κ1) is 36.8. The van der Waals surface area contributed by atoms with Gasteiger partial charge in [0.15, 0.2) is 0 Å². The zero-order chi connectivity index (χ0) is 34.8. The van der Waals surface area contributed by atoms with Crippen LogP contribution in [-0.2, 0) is 32.6 Å². The number of methoxy groups -OCH3 is 1. The molecule has 0 saturated carbocycles. The molecule has 4 rings (SSSR count). The molecule has 0 aliphatic heterocycles. The highest BCUT2D eigenvalue weighted by molar-refractivity contribution is 7.92. The van der Waals surface area contributed by atoms with Crippen molar-refractivity contribution in [2.24, 2.45) is 0 Å². The summed E-state index contributed by atoms with van der Waals surface area (Å²) in [6.07, 6.45) is 1.82. The van der Waals surface area contributed by atoms with Crippen molar-refractivity contribution < 1.29 is 22.7 Å². The third kappa shape index (κ3) is 9.30. The molecular formula is C37H41Cl2N3O5S. The van der Waals surface area contributed by atoms with E-state index in [9.17, 15) is 18.0 Å². The molecule has 254 valence electrons. The molecule has 1 atom stereocenters. The summed E-state index contributed by atoms with van der Waals surface area (Å²) >= 11 is 12.8. The first-order chi connectivity index (χ1) is 22.9. The van der Waals surface area contributed by atoms with E-state index in [2.05, 4.69) is 5.32 Å². The highest BCUT2D eigenvalue weighted by Gasteiger charge is 2.36. The molecular weight excluding hydrogens is 669 g/mol. The van der Waals surface area contributed by atoms with Crippen molar-refractivity contribution in [3.05, 3.63) is 123 Å². The van der Waals surface area contributed by atoms with Crippen LogP contribution in [0.15, 0.2) is 95.9 Å². The highest BCUT2D eigenvalue weighted by Crippen LogP contribution is 2.34. The number of nitrogens with one attached hydrogen (secondary N) is 1. The van der Waals surface area contributed by atoms with Gasteiger partial charge in [-0.1, -0.05) is 96.7 Å². The smallest absolute Gasteiger partial charge is 0.264 e. The van der Waals surface area contributed by atoms with Crippen LogP contribution in [0.4, 0.5) is 5.69 Å². The van der Waals surface area contributed by atoms with Crippen molar-refractivity contribution in [3.8, 4) is 5.75 Å². The van der Waals surface area contributed by atoms with Crippen molar-refractivity contribution in [2.45, 2.75) is 57.5 Å². The first-order valence-electron chi connectivity index (χ1n) is 15.7. The van der Waals surface area contributed by atoms with Crippen LogP contribution in [0.3, 0.4) is 0 Å². The van der Waals surface area contributed by atoms with Crippen LogP contribution in [0.5, 0.6) is 5.75 Å². The lowest BCUT2D eigenvalue weighted by atomic mass is 10.0. The maximum Gasteiger partial charge on any atom is 0.264 e. The lowest BCUT2D eigenvalue weighted by Gasteiger charge is -2.34. The topological polar surface area (TPSA) is 96.0 Å². The quantitative estimate of drug-likeness (QED) is 0.130. The largest absolute Gasteiger partial charge is 0.495 e. The number of rotatable bonds is 15. The molecule has 1 N–H and O–H groups in total. The molecule has 0 spiro atoms. The summed E-state index contributed by atoms with van der Waals surface area (Å²) in [4.78, 5) is 30.1. The second-order valence-corrected chi connectivity index (χ2v) is 14.3. The van der Waals surface area contributed by atoms with Crippen LogP contribution in [0.2, 0.25) is 10.0 Å². The van der Waals surface area contributed by atoms with Crippen LogP contribution >= 0.6 is 23.2 Å². The number of carbonyl (C=O) groups excluding carboxylic acids is 2. The number of hydrogen-bond donors (Lipinski definition) is 1. The Kier molecular flexibility index (Phi) is 12.9. The summed E-state index contributed by atoms with van der Waals surface area (Å²) in [6.45, 7) is 5.45. The summed E-state index contributed by atoms with van der Waals surface area (Å²) in [7, 11) is -2.85. The molecule has 11 heteroatoms. The van der Waals surface area contributed by atoms with Gasteiger partial charge in [-0.2, -0.15) is 0 Å². The van der Waals surface area contributed by atoms with E-state index < -0.39 is 28.5 Å². The Morgan fingerprint density at radius 3 is 2.23 bits per heavy atom. The molecule has 0 aliphatic rings. The molecule has 4 aromatic carbocycles. The monoisotopic (exact) mass is 709 g/mol. The SMILES string of the molecule is CCCCNC(=O)C(Cc1ccccc1)N(Cc1ccc(Cl)cc1Cl)C(=O)CN(c1cc(C)ccc1OC)S(=O)(=O)c1ccc(C)cc1. The molecule has 4 aromatic rings. The van der Waals surface area contributed by atoms with Gasteiger partial charge in [-0.15, -0.1) is 0 Å². The van der Waals surface area contributed by atoms with Gasteiger partial charge in [0.1, 0.15) is 18.3 Å². The van der Waals surface area contributed by atoms with Crippen LogP contribution in [0.1, 0.15) is 42.0 Å². The minimum Gasteiger partial charge on any atom is -0.495 e. The van der Waals surface area contributed by atoms with Gasteiger partial charge in [-0.3, -0.25) is 13.9 Å². The average molecular weight is 711 g/mol. The Balaban J connectivity index is 1.86. The number of unbranched alkanes of at least 4 members (excludes halogenated alkanes) is 1. The maximum atomic E-state index is 14.7. The molecule has 0 fully saturated rings. The van der Waals surface area contributed by atoms with Crippen LogP contribution in [0, 0.1) is 13.8 Å². The number of ether oxygens (including phenoxy) is 1. The summed E-state index contributed by atoms with van der Waals surface area (Å²) in [5.74, 6) is -0.687. The van der Waals surface area contributed by atoms with Crippen molar-refractivity contribution in [2.75, 3.05) is 24.5 Å². The van der Waals surface area contributed by atoms with Gasteiger partial charge in [-0.05, 0) is 73.4 Å². The number of carbonyl (C=O) groups is 2. The molecule has 0 heterocycles. The van der Waals surface area contributed by atoms with E-state index in [0.29, 0.717) is 22.2 Å². The molecule has 0 radical (unpaired) electrons. The van der Waals surface area contributed by atoms with Gasteiger partial charge < -0.3 is 15.0 Å². The van der Waals surface area contributed by atoms with Gasteiger partial charge >= 0.3 is 0 Å². The summed E-state index contributed by atoms with van der Waals surface area (Å²) in [6, 6.07) is 24.8. The van der Waals surface area contributed by atoms with Crippen molar-refractivity contribution in [3.63, 3.8) is 0 Å². The lowest BCUT2D eigenvalue weighted by Crippen LogP contribution is -2.53. The molecule has 48 heavy (non-hydrogen) atoms. The third-order valence-corrected chi connectivity index (χ3v) is 10.3. The molecule has 0 aliphatic carbocycles. The number of halogens is 2. The fourth-order valence-electron chi connectivity index (χ4n) is 5.24. The van der Waals surface area contributed by atoms with E-state index in [4.69, 9.17) is 27.9 Å². The maximum absolute atomic E-state index is 14.7. The van der Waals surface area contributed by atoms with E-state index in [1.165, 1.54) is 24.1 Å². The predicted octanol–water partition coefficient (Wildman–Crippen LogP) is 7.37. The normalized spacial score (nSPS) is 11.9. The predicted molar refractivity (Wildman–Crippen MR) is 192 cm³/mol. The number of benzene rings is 4. The van der Waals surface area contributed by atoms with E-state index in [0.717, 1.165) is 33.8 Å². The van der Waals surface area contributed by atoms with Gasteiger partial charge in [0, 0.05) is 29.6 Å². The van der Waals surface area contributed by atoms with Crippen molar-refractivity contribution >= 4 is 50.7 Å². The second kappa shape index (κ2) is 16.9. The van der Waals surface area contributed by atoms with Gasteiger partial charge in [0.25, 0.3) is 10.0 Å². The van der Waals surface area contributed by atoms with Crippen LogP contribution in [0.25, 0.3) is 0 Å². The number of sulfonamides is 1. The number of aryl methyl sites for hydroxylation is 2. The van der Waals surface area contributed by atoms with E-state index in [1.807, 2.05) is 51.1 Å². The Morgan fingerprint density at radius 2 is 1.58 bits per heavy atom. The van der Waals surface area contributed by atoms with Gasteiger partial charge in [0.05, 0.1) is 17.7 Å². The zero-order valence-corrected chi connectivity index (χ0v) is 29.9. The molecule has 0 bridgehead atoms. The number of anilines is 1. The van der Waals surface area contributed by atoms with E-state index >= 15 is 0 Å². The Bertz CT molecular complexity index is 1820. The van der Waals surface area contributed by atoms with E-state index in [-0.39, 0.29) is 35.2 Å². The van der Waals surface area contributed by atoms with Crippen LogP contribution in [-0.4, -0.2) is 51.4 Å². The second-order valence-electron chi connectivity index (χ2n) is 11.6. The molecule has 2 amide bonds.